The number of nitrogens with zero attached hydrogens (tertiary/aromatic N) is 6. The lowest BCUT2D eigenvalue weighted by atomic mass is 9.77. The molecule has 3 aliphatic rings. The minimum Gasteiger partial charge on any atom is -0.493 e. The number of sulfone groups is 1. The van der Waals surface area contributed by atoms with E-state index < -0.39 is 9.84 Å². The summed E-state index contributed by atoms with van der Waals surface area (Å²) in [6.07, 6.45) is 8.10. The van der Waals surface area contributed by atoms with Crippen molar-refractivity contribution in [2.45, 2.75) is 64.3 Å². The highest BCUT2D eigenvalue weighted by Crippen LogP contribution is 2.47. The number of nitrogens with one attached hydrogen (secondary N) is 1. The molecule has 40 heavy (non-hydrogen) atoms. The molecule has 10 nitrogen and oxygen atoms in total. The highest BCUT2D eigenvalue weighted by Gasteiger charge is 2.57. The molecule has 0 unspecified atom stereocenters. The van der Waals surface area contributed by atoms with Crippen molar-refractivity contribution in [1.29, 1.82) is 0 Å². The molecule has 4 aromatic rings. The summed E-state index contributed by atoms with van der Waals surface area (Å²) in [5.41, 5.74) is 5.77. The lowest BCUT2D eigenvalue weighted by molar-refractivity contribution is -0.0236. The third kappa shape index (κ3) is 4.26. The summed E-state index contributed by atoms with van der Waals surface area (Å²) in [7, 11) is -1.12. The predicted molar refractivity (Wildman–Crippen MR) is 155 cm³/mol. The van der Waals surface area contributed by atoms with Crippen LogP contribution < -0.4 is 4.74 Å². The van der Waals surface area contributed by atoms with Crippen LogP contribution in [0.4, 0.5) is 0 Å². The van der Waals surface area contributed by atoms with Gasteiger partial charge in [0.2, 0.25) is 0 Å². The molecule has 0 radical (unpaired) electrons. The van der Waals surface area contributed by atoms with E-state index in [1.165, 1.54) is 11.2 Å². The van der Waals surface area contributed by atoms with E-state index in [2.05, 4.69) is 40.9 Å². The Hall–Kier alpha value is -2.83. The van der Waals surface area contributed by atoms with Crippen molar-refractivity contribution < 1.29 is 13.2 Å². The molecule has 3 fully saturated rings. The minimum atomic E-state index is -2.76. The molecule has 0 aromatic carbocycles. The van der Waals surface area contributed by atoms with Gasteiger partial charge in [0.05, 0.1) is 35.7 Å². The van der Waals surface area contributed by atoms with Gasteiger partial charge < -0.3 is 4.74 Å². The van der Waals surface area contributed by atoms with Crippen LogP contribution in [0.5, 0.6) is 5.75 Å². The zero-order valence-electron chi connectivity index (χ0n) is 23.3. The van der Waals surface area contributed by atoms with Crippen molar-refractivity contribution in [1.82, 2.24) is 34.7 Å². The molecule has 6 heterocycles. The smallest absolute Gasteiger partial charge is 0.197 e. The number of hydrogen-bond donors (Lipinski definition) is 1. The standard InChI is InChI=1S/C28H35N7O3S2/c1-16(2)22-23(19-9-21(38-4)26-29-15-30-35(26)10-19)32-33-24(22)27-31-17(3)25(39-27)18-5-7-20(8-6-18)34-11-28(12-34)13-40(36,37)14-28/h9-10,15-16,18,20H,5-8,11-14H2,1-4H3,(H,32,33). The Kier molecular flexibility index (Phi) is 6.10. The third-order valence-electron chi connectivity index (χ3n) is 8.98. The van der Waals surface area contributed by atoms with E-state index in [1.807, 2.05) is 12.3 Å². The van der Waals surface area contributed by atoms with Crippen molar-refractivity contribution >= 4 is 26.8 Å². The Morgan fingerprint density at radius 1 is 1.18 bits per heavy atom. The van der Waals surface area contributed by atoms with Gasteiger partial charge in [0.1, 0.15) is 11.3 Å². The van der Waals surface area contributed by atoms with Gasteiger partial charge >= 0.3 is 0 Å². The van der Waals surface area contributed by atoms with Crippen molar-refractivity contribution in [3.8, 4) is 27.7 Å². The third-order valence-corrected chi connectivity index (χ3v) is 12.4. The van der Waals surface area contributed by atoms with E-state index in [4.69, 9.17) is 14.8 Å². The summed E-state index contributed by atoms with van der Waals surface area (Å²) < 4.78 is 30.7. The van der Waals surface area contributed by atoms with Crippen molar-refractivity contribution in [2.75, 3.05) is 31.7 Å². The van der Waals surface area contributed by atoms with Gasteiger partial charge in [-0.05, 0) is 50.5 Å². The molecule has 1 N–H and O–H groups in total. The van der Waals surface area contributed by atoms with Gasteiger partial charge in [0, 0.05) is 46.7 Å². The van der Waals surface area contributed by atoms with E-state index in [0.717, 1.165) is 72.0 Å². The first-order valence-electron chi connectivity index (χ1n) is 14.0. The molecule has 1 spiro atoms. The molecular weight excluding hydrogens is 546 g/mol. The van der Waals surface area contributed by atoms with Gasteiger partial charge in [0.15, 0.2) is 21.2 Å². The number of rotatable bonds is 6. The number of ether oxygens (including phenoxy) is 1. The number of pyridine rings is 1. The largest absolute Gasteiger partial charge is 0.493 e. The van der Waals surface area contributed by atoms with E-state index in [-0.39, 0.29) is 11.3 Å². The van der Waals surface area contributed by atoms with E-state index >= 15 is 0 Å². The summed E-state index contributed by atoms with van der Waals surface area (Å²) in [5, 5.41) is 13.4. The topological polar surface area (TPSA) is 118 Å². The van der Waals surface area contributed by atoms with E-state index in [9.17, 15) is 8.42 Å². The van der Waals surface area contributed by atoms with Crippen molar-refractivity contribution in [3.63, 3.8) is 0 Å². The normalized spacial score (nSPS) is 23.9. The maximum absolute atomic E-state index is 11.7. The van der Waals surface area contributed by atoms with Crippen LogP contribution in [-0.2, 0) is 9.84 Å². The van der Waals surface area contributed by atoms with Gasteiger partial charge in [0.25, 0.3) is 0 Å². The van der Waals surface area contributed by atoms with Crippen molar-refractivity contribution in [2.24, 2.45) is 5.41 Å². The Morgan fingerprint density at radius 3 is 2.60 bits per heavy atom. The molecule has 2 aliphatic heterocycles. The molecule has 1 aliphatic carbocycles. The maximum atomic E-state index is 11.7. The molecule has 7 rings (SSSR count). The highest BCUT2D eigenvalue weighted by molar-refractivity contribution is 7.92. The molecule has 12 heteroatoms. The van der Waals surface area contributed by atoms with Crippen LogP contribution in [0.2, 0.25) is 0 Å². The number of H-pyrrole nitrogens is 1. The Bertz CT molecular complexity index is 1680. The molecule has 0 amide bonds. The molecule has 1 saturated carbocycles. The summed E-state index contributed by atoms with van der Waals surface area (Å²) in [6, 6.07) is 2.55. The average molecular weight is 582 g/mol. The summed E-state index contributed by atoms with van der Waals surface area (Å²) >= 11 is 1.80. The maximum Gasteiger partial charge on any atom is 0.197 e. The number of aromatic amines is 1. The fraction of sp³-hybridized carbons (Fsp3) is 0.571. The second-order valence-electron chi connectivity index (χ2n) is 12.3. The number of aromatic nitrogens is 6. The van der Waals surface area contributed by atoms with Gasteiger partial charge in [-0.25, -0.2) is 22.9 Å². The second kappa shape index (κ2) is 9.35. The summed E-state index contributed by atoms with van der Waals surface area (Å²) in [6.45, 7) is 8.42. The van der Waals surface area contributed by atoms with Crippen LogP contribution in [0.1, 0.15) is 67.5 Å². The molecule has 0 atom stereocenters. The van der Waals surface area contributed by atoms with Crippen LogP contribution >= 0.6 is 11.3 Å². The predicted octanol–water partition coefficient (Wildman–Crippen LogP) is 4.44. The van der Waals surface area contributed by atoms with Crippen molar-refractivity contribution in [3.05, 3.63) is 34.7 Å². The monoisotopic (exact) mass is 581 g/mol. The first kappa shape index (κ1) is 26.1. The first-order chi connectivity index (χ1) is 19.2. The fourth-order valence-corrected chi connectivity index (χ4v) is 10.6. The Labute approximate surface area is 238 Å². The number of hydrogen-bond acceptors (Lipinski definition) is 9. The Balaban J connectivity index is 1.10. The Morgan fingerprint density at radius 2 is 1.93 bits per heavy atom. The van der Waals surface area contributed by atoms with Crippen LogP contribution in [0.15, 0.2) is 18.6 Å². The molecular formula is C28H35N7O3S2. The van der Waals surface area contributed by atoms with Crippen LogP contribution in [0.3, 0.4) is 0 Å². The molecule has 4 aromatic heterocycles. The lowest BCUT2D eigenvalue weighted by Crippen LogP contribution is -2.70. The number of methoxy groups -OCH3 is 1. The number of thiazole rings is 1. The zero-order chi connectivity index (χ0) is 27.8. The molecule has 212 valence electrons. The number of fused-ring (bicyclic) bond motifs is 1. The number of likely N-dealkylation sites (tertiary alicyclic amines) is 1. The number of aryl methyl sites for hydroxylation is 1. The van der Waals surface area contributed by atoms with Gasteiger partial charge in [-0.1, -0.05) is 13.8 Å². The van der Waals surface area contributed by atoms with Crippen LogP contribution in [0.25, 0.3) is 27.6 Å². The summed E-state index contributed by atoms with van der Waals surface area (Å²) in [5.74, 6) is 2.19. The van der Waals surface area contributed by atoms with Crippen LogP contribution in [0, 0.1) is 12.3 Å². The van der Waals surface area contributed by atoms with Gasteiger partial charge in [-0.3, -0.25) is 10.00 Å². The first-order valence-corrected chi connectivity index (χ1v) is 16.7. The minimum absolute atomic E-state index is 0.0715. The lowest BCUT2D eigenvalue weighted by Gasteiger charge is -2.58. The highest BCUT2D eigenvalue weighted by atomic mass is 32.2. The summed E-state index contributed by atoms with van der Waals surface area (Å²) in [4.78, 5) is 13.3. The van der Waals surface area contributed by atoms with Gasteiger partial charge in [-0.2, -0.15) is 10.2 Å². The van der Waals surface area contributed by atoms with E-state index in [0.29, 0.717) is 34.9 Å². The van der Waals surface area contributed by atoms with Crippen LogP contribution in [-0.4, -0.2) is 80.8 Å². The quantitative estimate of drug-likeness (QED) is 0.355. The molecule has 2 saturated heterocycles. The average Bonchev–Trinajstić information content (AvgIpc) is 3.63. The van der Waals surface area contributed by atoms with E-state index in [1.54, 1.807) is 23.0 Å². The zero-order valence-corrected chi connectivity index (χ0v) is 25.0. The van der Waals surface area contributed by atoms with Gasteiger partial charge in [-0.15, -0.1) is 11.3 Å². The SMILES string of the molecule is COc1cc(-c2n[nH]c(-c3nc(C)c(C4CCC(N5CC6(C5)CS(=O)(=O)C6)CC4)s3)c2C(C)C)cn2ncnc12. The fourth-order valence-electron chi connectivity index (χ4n) is 7.22. The second-order valence-corrected chi connectivity index (χ2v) is 15.3. The molecule has 0 bridgehead atoms.